The second-order valence-corrected chi connectivity index (χ2v) is 6.54. The molecule has 0 aliphatic carbocycles. The maximum absolute atomic E-state index is 12.4. The van der Waals surface area contributed by atoms with Gasteiger partial charge in [-0.1, -0.05) is 29.8 Å². The number of piperidine rings is 1. The number of aryl methyl sites for hydroxylation is 1. The van der Waals surface area contributed by atoms with Crippen LogP contribution in [0.3, 0.4) is 0 Å². The number of aromatic nitrogens is 1. The van der Waals surface area contributed by atoms with Crippen LogP contribution >= 0.6 is 0 Å². The average molecular weight is 337 g/mol. The fourth-order valence-electron chi connectivity index (χ4n) is 3.07. The summed E-state index contributed by atoms with van der Waals surface area (Å²) >= 11 is 0. The molecule has 1 fully saturated rings. The van der Waals surface area contributed by atoms with E-state index in [1.165, 1.54) is 5.56 Å². The van der Waals surface area contributed by atoms with Crippen molar-refractivity contribution in [3.8, 4) is 0 Å². The summed E-state index contributed by atoms with van der Waals surface area (Å²) in [4.78, 5) is 30.4. The number of hydrogen-bond acceptors (Lipinski definition) is 3. The van der Waals surface area contributed by atoms with E-state index in [-0.39, 0.29) is 17.9 Å². The topological polar surface area (TPSA) is 62.3 Å². The molecule has 2 aromatic rings. The van der Waals surface area contributed by atoms with Crippen molar-refractivity contribution in [2.24, 2.45) is 0 Å². The van der Waals surface area contributed by atoms with E-state index < -0.39 is 0 Å². The molecule has 0 saturated carbocycles. The minimum absolute atomic E-state index is 0.0116. The second kappa shape index (κ2) is 7.92. The van der Waals surface area contributed by atoms with Gasteiger partial charge in [-0.15, -0.1) is 0 Å². The first-order chi connectivity index (χ1) is 12.1. The van der Waals surface area contributed by atoms with Gasteiger partial charge in [0.2, 0.25) is 5.91 Å². The molecule has 1 aromatic carbocycles. The third kappa shape index (κ3) is 4.66. The largest absolute Gasteiger partial charge is 0.353 e. The molecule has 1 aromatic heterocycles. The molecule has 3 rings (SSSR count). The Morgan fingerprint density at radius 2 is 1.88 bits per heavy atom. The van der Waals surface area contributed by atoms with E-state index in [1.807, 2.05) is 36.1 Å². The van der Waals surface area contributed by atoms with Crippen molar-refractivity contribution in [1.82, 2.24) is 15.2 Å². The summed E-state index contributed by atoms with van der Waals surface area (Å²) in [6.07, 6.45) is 5.22. The molecular weight excluding hydrogens is 314 g/mol. The van der Waals surface area contributed by atoms with E-state index >= 15 is 0 Å². The van der Waals surface area contributed by atoms with Gasteiger partial charge in [0, 0.05) is 31.5 Å². The standard InChI is InChI=1S/C20H23N3O2/c1-15-4-6-16(7-5-15)13-19(24)22-18-8-11-23(12-9-18)20(25)17-3-2-10-21-14-17/h2-7,10,14,18H,8-9,11-13H2,1H3,(H,22,24). The molecule has 0 bridgehead atoms. The lowest BCUT2D eigenvalue weighted by Crippen LogP contribution is -2.46. The van der Waals surface area contributed by atoms with Gasteiger partial charge < -0.3 is 10.2 Å². The number of benzene rings is 1. The molecule has 130 valence electrons. The smallest absolute Gasteiger partial charge is 0.255 e. The molecule has 0 radical (unpaired) electrons. The Bertz CT molecular complexity index is 720. The first-order valence-electron chi connectivity index (χ1n) is 8.66. The van der Waals surface area contributed by atoms with Crippen LogP contribution in [0.4, 0.5) is 0 Å². The van der Waals surface area contributed by atoms with Crippen LogP contribution in [0.15, 0.2) is 48.8 Å². The van der Waals surface area contributed by atoms with E-state index in [1.54, 1.807) is 24.5 Å². The Labute approximate surface area is 148 Å². The van der Waals surface area contributed by atoms with E-state index in [0.29, 0.717) is 25.1 Å². The average Bonchev–Trinajstić information content (AvgIpc) is 2.64. The third-order valence-corrected chi connectivity index (χ3v) is 4.54. The van der Waals surface area contributed by atoms with Crippen molar-refractivity contribution in [2.45, 2.75) is 32.2 Å². The highest BCUT2D eigenvalue weighted by atomic mass is 16.2. The van der Waals surface area contributed by atoms with Crippen molar-refractivity contribution in [3.05, 3.63) is 65.5 Å². The fraction of sp³-hybridized carbons (Fsp3) is 0.350. The lowest BCUT2D eigenvalue weighted by molar-refractivity contribution is -0.121. The van der Waals surface area contributed by atoms with Gasteiger partial charge in [-0.2, -0.15) is 0 Å². The number of nitrogens with one attached hydrogen (secondary N) is 1. The van der Waals surface area contributed by atoms with Gasteiger partial charge in [0.25, 0.3) is 5.91 Å². The zero-order valence-corrected chi connectivity index (χ0v) is 14.4. The van der Waals surface area contributed by atoms with Gasteiger partial charge in [-0.05, 0) is 37.5 Å². The Hall–Kier alpha value is -2.69. The minimum atomic E-state index is 0.0116. The molecule has 2 heterocycles. The molecule has 1 aliphatic rings. The van der Waals surface area contributed by atoms with Crippen LogP contribution in [0.2, 0.25) is 0 Å². The molecular formula is C20H23N3O2. The summed E-state index contributed by atoms with van der Waals surface area (Å²) in [5.74, 6) is 0.0541. The fourth-order valence-corrected chi connectivity index (χ4v) is 3.07. The van der Waals surface area contributed by atoms with Crippen LogP contribution in [-0.4, -0.2) is 40.8 Å². The summed E-state index contributed by atoms with van der Waals surface area (Å²) in [7, 11) is 0. The van der Waals surface area contributed by atoms with Gasteiger partial charge in [0.1, 0.15) is 0 Å². The number of hydrogen-bond donors (Lipinski definition) is 1. The summed E-state index contributed by atoms with van der Waals surface area (Å²) in [6.45, 7) is 3.34. The molecule has 5 heteroatoms. The normalized spacial score (nSPS) is 15.0. The van der Waals surface area contributed by atoms with E-state index in [4.69, 9.17) is 0 Å². The molecule has 0 unspecified atom stereocenters. The maximum Gasteiger partial charge on any atom is 0.255 e. The van der Waals surface area contributed by atoms with Crippen LogP contribution in [0, 0.1) is 6.92 Å². The summed E-state index contributed by atoms with van der Waals surface area (Å²) in [6, 6.07) is 11.7. The highest BCUT2D eigenvalue weighted by Gasteiger charge is 2.24. The number of carbonyl (C=O) groups is 2. The van der Waals surface area contributed by atoms with Crippen LogP contribution in [-0.2, 0) is 11.2 Å². The Kier molecular flexibility index (Phi) is 5.43. The van der Waals surface area contributed by atoms with Crippen LogP contribution < -0.4 is 5.32 Å². The van der Waals surface area contributed by atoms with Crippen LogP contribution in [0.5, 0.6) is 0 Å². The van der Waals surface area contributed by atoms with E-state index in [9.17, 15) is 9.59 Å². The van der Waals surface area contributed by atoms with Gasteiger partial charge >= 0.3 is 0 Å². The second-order valence-electron chi connectivity index (χ2n) is 6.54. The number of rotatable bonds is 4. The number of nitrogens with zero attached hydrogens (tertiary/aromatic N) is 2. The summed E-state index contributed by atoms with van der Waals surface area (Å²) in [5, 5.41) is 3.09. The number of amides is 2. The Morgan fingerprint density at radius 3 is 2.52 bits per heavy atom. The van der Waals surface area contributed by atoms with Crippen LogP contribution in [0.25, 0.3) is 0 Å². The van der Waals surface area contributed by atoms with Crippen molar-refractivity contribution in [3.63, 3.8) is 0 Å². The molecule has 25 heavy (non-hydrogen) atoms. The van der Waals surface area contributed by atoms with Crippen molar-refractivity contribution >= 4 is 11.8 Å². The minimum Gasteiger partial charge on any atom is -0.353 e. The van der Waals surface area contributed by atoms with E-state index in [0.717, 1.165) is 18.4 Å². The van der Waals surface area contributed by atoms with Crippen molar-refractivity contribution < 1.29 is 9.59 Å². The number of carbonyl (C=O) groups excluding carboxylic acids is 2. The highest BCUT2D eigenvalue weighted by molar-refractivity contribution is 5.93. The van der Waals surface area contributed by atoms with Gasteiger partial charge in [0.05, 0.1) is 12.0 Å². The molecule has 0 spiro atoms. The molecule has 1 aliphatic heterocycles. The van der Waals surface area contributed by atoms with E-state index in [2.05, 4.69) is 10.3 Å². The molecule has 2 amide bonds. The molecule has 1 saturated heterocycles. The van der Waals surface area contributed by atoms with Gasteiger partial charge in [-0.25, -0.2) is 0 Å². The van der Waals surface area contributed by atoms with Gasteiger partial charge in [-0.3, -0.25) is 14.6 Å². The predicted molar refractivity (Wildman–Crippen MR) is 96.2 cm³/mol. The van der Waals surface area contributed by atoms with Crippen LogP contribution in [0.1, 0.15) is 34.3 Å². The maximum atomic E-state index is 12.4. The molecule has 0 atom stereocenters. The molecule has 5 nitrogen and oxygen atoms in total. The van der Waals surface area contributed by atoms with Crippen molar-refractivity contribution in [2.75, 3.05) is 13.1 Å². The lowest BCUT2D eigenvalue weighted by atomic mass is 10.0. The predicted octanol–water partition coefficient (Wildman–Crippen LogP) is 2.35. The number of likely N-dealkylation sites (tertiary alicyclic amines) is 1. The quantitative estimate of drug-likeness (QED) is 0.931. The monoisotopic (exact) mass is 337 g/mol. The Morgan fingerprint density at radius 1 is 1.16 bits per heavy atom. The lowest BCUT2D eigenvalue weighted by Gasteiger charge is -2.32. The molecule has 1 N–H and O–H groups in total. The number of pyridine rings is 1. The van der Waals surface area contributed by atoms with Gasteiger partial charge in [0.15, 0.2) is 0 Å². The zero-order chi connectivity index (χ0) is 17.6. The Balaban J connectivity index is 1.46. The first-order valence-corrected chi connectivity index (χ1v) is 8.66. The third-order valence-electron chi connectivity index (χ3n) is 4.54. The van der Waals surface area contributed by atoms with Crippen molar-refractivity contribution in [1.29, 1.82) is 0 Å². The first kappa shape index (κ1) is 17.1. The summed E-state index contributed by atoms with van der Waals surface area (Å²) in [5.41, 5.74) is 2.83. The SMILES string of the molecule is Cc1ccc(CC(=O)NC2CCN(C(=O)c3cccnc3)CC2)cc1. The highest BCUT2D eigenvalue weighted by Crippen LogP contribution is 2.14. The summed E-state index contributed by atoms with van der Waals surface area (Å²) < 4.78 is 0. The zero-order valence-electron chi connectivity index (χ0n) is 14.4.